The Bertz CT molecular complexity index is 1210. The fourth-order valence-electron chi connectivity index (χ4n) is 3.61. The van der Waals surface area contributed by atoms with Crippen molar-refractivity contribution in [1.29, 1.82) is 0 Å². The lowest BCUT2D eigenvalue weighted by Gasteiger charge is -2.25. The number of phenols is 1. The second-order valence-corrected chi connectivity index (χ2v) is 7.23. The van der Waals surface area contributed by atoms with Gasteiger partial charge >= 0.3 is 0 Å². The van der Waals surface area contributed by atoms with Gasteiger partial charge in [-0.2, -0.15) is 0 Å². The number of methoxy groups -OCH3 is 1. The smallest absolute Gasteiger partial charge is 0.300 e. The fraction of sp³-hybridized carbons (Fsp3) is 0.0870. The molecule has 3 aromatic rings. The Labute approximate surface area is 182 Å². The average molecular weight is 437 g/mol. The van der Waals surface area contributed by atoms with E-state index < -0.39 is 23.5 Å². The van der Waals surface area contributed by atoms with E-state index in [9.17, 15) is 19.8 Å². The van der Waals surface area contributed by atoms with Crippen LogP contribution in [-0.2, 0) is 9.59 Å². The number of para-hydroxylation sites is 2. The molecule has 0 saturated carbocycles. The third-order valence-corrected chi connectivity index (χ3v) is 5.24. The molecule has 2 N–H and O–H groups in total. The van der Waals surface area contributed by atoms with Crippen LogP contribution in [0.15, 0.2) is 72.6 Å². The number of amides is 1. The summed E-state index contributed by atoms with van der Waals surface area (Å²) in [5.41, 5.74) is 0.615. The summed E-state index contributed by atoms with van der Waals surface area (Å²) in [6.45, 7) is 0. The second-order valence-electron chi connectivity index (χ2n) is 6.79. The largest absolute Gasteiger partial charge is 0.507 e. The number of hydrogen-bond donors (Lipinski definition) is 2. The highest BCUT2D eigenvalue weighted by Crippen LogP contribution is 2.45. The minimum Gasteiger partial charge on any atom is -0.507 e. The summed E-state index contributed by atoms with van der Waals surface area (Å²) in [4.78, 5) is 31.4. The summed E-state index contributed by atoms with van der Waals surface area (Å²) >= 11 is 6.09. The van der Waals surface area contributed by atoms with E-state index in [1.54, 1.807) is 42.6 Å². The molecule has 156 valence electrons. The quantitative estimate of drug-likeness (QED) is 0.363. The van der Waals surface area contributed by atoms with Crippen LogP contribution in [0, 0.1) is 0 Å². The molecule has 1 unspecified atom stereocenters. The Kier molecular flexibility index (Phi) is 5.35. The van der Waals surface area contributed by atoms with E-state index >= 15 is 0 Å². The highest BCUT2D eigenvalue weighted by atomic mass is 35.5. The molecule has 0 aliphatic carbocycles. The molecule has 1 aliphatic rings. The van der Waals surface area contributed by atoms with Gasteiger partial charge in [-0.05, 0) is 42.0 Å². The number of hydrogen-bond acceptors (Lipinski definition) is 6. The molecule has 1 aliphatic heterocycles. The van der Waals surface area contributed by atoms with Gasteiger partial charge in [0.15, 0.2) is 0 Å². The normalized spacial score (nSPS) is 17.7. The second kappa shape index (κ2) is 8.12. The maximum Gasteiger partial charge on any atom is 0.300 e. The van der Waals surface area contributed by atoms with Crippen molar-refractivity contribution in [3.63, 3.8) is 0 Å². The molecular weight excluding hydrogens is 420 g/mol. The van der Waals surface area contributed by atoms with E-state index in [-0.39, 0.29) is 28.3 Å². The molecule has 1 saturated heterocycles. The van der Waals surface area contributed by atoms with Crippen LogP contribution in [-0.4, -0.2) is 34.0 Å². The molecule has 7 nitrogen and oxygen atoms in total. The maximum atomic E-state index is 13.1. The number of aromatic hydroxyl groups is 1. The third-order valence-electron chi connectivity index (χ3n) is 5.00. The molecule has 2 heterocycles. The lowest BCUT2D eigenvalue weighted by atomic mass is 9.95. The fourth-order valence-corrected chi connectivity index (χ4v) is 3.78. The number of halogens is 1. The standard InChI is InChI=1S/C23H17ClN2O5/c1-31-18-9-8-14(24)11-15(18)21(28)19-20(13-5-4-10-25-12-13)26(23(30)22(19)29)16-6-2-3-7-17(16)27/h2-12,20,27-28H,1H3/b21-19+. The number of ether oxygens (including phenoxy) is 1. The first-order chi connectivity index (χ1) is 14.9. The van der Waals surface area contributed by atoms with E-state index in [4.69, 9.17) is 16.3 Å². The molecule has 1 amide bonds. The predicted molar refractivity (Wildman–Crippen MR) is 115 cm³/mol. The molecular formula is C23H17ClN2O5. The molecule has 2 aromatic carbocycles. The number of phenolic OH excluding ortho intramolecular Hbond substituents is 1. The minimum absolute atomic E-state index is 0.135. The zero-order valence-corrected chi connectivity index (χ0v) is 17.1. The number of aromatic nitrogens is 1. The molecule has 0 spiro atoms. The molecule has 4 rings (SSSR count). The van der Waals surface area contributed by atoms with E-state index in [2.05, 4.69) is 4.98 Å². The van der Waals surface area contributed by atoms with Crippen LogP contribution in [0.5, 0.6) is 11.5 Å². The van der Waals surface area contributed by atoms with Crippen LogP contribution >= 0.6 is 11.6 Å². The predicted octanol–water partition coefficient (Wildman–Crippen LogP) is 4.08. The van der Waals surface area contributed by atoms with Gasteiger partial charge in [0, 0.05) is 17.4 Å². The van der Waals surface area contributed by atoms with Gasteiger partial charge in [0.25, 0.3) is 11.7 Å². The number of rotatable bonds is 4. The Morgan fingerprint density at radius 3 is 2.58 bits per heavy atom. The van der Waals surface area contributed by atoms with Crippen LogP contribution in [0.3, 0.4) is 0 Å². The summed E-state index contributed by atoms with van der Waals surface area (Å²) in [5.74, 6) is -2.14. The van der Waals surface area contributed by atoms with E-state index in [0.717, 1.165) is 4.90 Å². The number of ketones is 1. The number of carbonyl (C=O) groups is 2. The number of carbonyl (C=O) groups excluding carboxylic acids is 2. The summed E-state index contributed by atoms with van der Waals surface area (Å²) in [5, 5.41) is 21.8. The summed E-state index contributed by atoms with van der Waals surface area (Å²) < 4.78 is 5.30. The summed E-state index contributed by atoms with van der Waals surface area (Å²) in [6.07, 6.45) is 3.04. The Morgan fingerprint density at radius 1 is 1.13 bits per heavy atom. The number of anilines is 1. The number of nitrogens with zero attached hydrogens (tertiary/aromatic N) is 2. The lowest BCUT2D eigenvalue weighted by molar-refractivity contribution is -0.132. The zero-order valence-electron chi connectivity index (χ0n) is 16.3. The van der Waals surface area contributed by atoms with Crippen molar-refractivity contribution < 1.29 is 24.5 Å². The molecule has 1 aromatic heterocycles. The number of pyridine rings is 1. The molecule has 0 radical (unpaired) electrons. The van der Waals surface area contributed by atoms with Gasteiger partial charge in [0.05, 0.1) is 30.0 Å². The van der Waals surface area contributed by atoms with Crippen LogP contribution in [0.25, 0.3) is 5.76 Å². The SMILES string of the molecule is COc1ccc(Cl)cc1/C(O)=C1\C(=O)C(=O)N(c2ccccc2O)C1c1cccnc1. The zero-order chi connectivity index (χ0) is 22.1. The van der Waals surface area contributed by atoms with Crippen molar-refractivity contribution >= 4 is 34.7 Å². The monoisotopic (exact) mass is 436 g/mol. The van der Waals surface area contributed by atoms with Gasteiger partial charge in [-0.1, -0.05) is 29.8 Å². The molecule has 1 atom stereocenters. The first kappa shape index (κ1) is 20.4. The number of aliphatic hydroxyl groups is 1. The first-order valence-electron chi connectivity index (χ1n) is 9.27. The highest BCUT2D eigenvalue weighted by molar-refractivity contribution is 6.52. The van der Waals surface area contributed by atoms with Gasteiger partial charge < -0.3 is 14.9 Å². The molecule has 8 heteroatoms. The van der Waals surface area contributed by atoms with Crippen molar-refractivity contribution in [2.45, 2.75) is 6.04 Å². The third kappa shape index (κ3) is 3.49. The van der Waals surface area contributed by atoms with Gasteiger partial charge in [0.2, 0.25) is 0 Å². The van der Waals surface area contributed by atoms with Crippen molar-refractivity contribution in [2.24, 2.45) is 0 Å². The summed E-state index contributed by atoms with van der Waals surface area (Å²) in [6, 6.07) is 13.1. The van der Waals surface area contributed by atoms with E-state index in [1.165, 1.54) is 31.5 Å². The van der Waals surface area contributed by atoms with E-state index in [0.29, 0.717) is 10.6 Å². The first-order valence-corrected chi connectivity index (χ1v) is 9.64. The van der Waals surface area contributed by atoms with Crippen molar-refractivity contribution in [3.8, 4) is 11.5 Å². The Hall–Kier alpha value is -3.84. The van der Waals surface area contributed by atoms with Gasteiger partial charge in [-0.3, -0.25) is 19.5 Å². The lowest BCUT2D eigenvalue weighted by Crippen LogP contribution is -2.29. The molecule has 1 fully saturated rings. The van der Waals surface area contributed by atoms with Crippen LogP contribution < -0.4 is 9.64 Å². The number of Topliss-reactive ketones (excluding diaryl/α,β-unsaturated/α-hetero) is 1. The minimum atomic E-state index is -1.02. The van der Waals surface area contributed by atoms with Crippen LogP contribution in [0.2, 0.25) is 5.02 Å². The maximum absolute atomic E-state index is 13.1. The Morgan fingerprint density at radius 2 is 1.90 bits per heavy atom. The van der Waals surface area contributed by atoms with Crippen molar-refractivity contribution in [3.05, 3.63) is 88.7 Å². The topological polar surface area (TPSA) is 100.0 Å². The van der Waals surface area contributed by atoms with Crippen molar-refractivity contribution in [1.82, 2.24) is 4.98 Å². The van der Waals surface area contributed by atoms with Crippen molar-refractivity contribution in [2.75, 3.05) is 12.0 Å². The van der Waals surface area contributed by atoms with Crippen LogP contribution in [0.1, 0.15) is 17.2 Å². The van der Waals surface area contributed by atoms with Gasteiger partial charge in [-0.25, -0.2) is 0 Å². The summed E-state index contributed by atoms with van der Waals surface area (Å²) in [7, 11) is 1.42. The molecule has 31 heavy (non-hydrogen) atoms. The Balaban J connectivity index is 2.00. The highest BCUT2D eigenvalue weighted by Gasteiger charge is 2.48. The number of benzene rings is 2. The van der Waals surface area contributed by atoms with Crippen LogP contribution in [0.4, 0.5) is 5.69 Å². The van der Waals surface area contributed by atoms with Gasteiger partial charge in [-0.15, -0.1) is 0 Å². The van der Waals surface area contributed by atoms with Gasteiger partial charge in [0.1, 0.15) is 17.3 Å². The van der Waals surface area contributed by atoms with E-state index in [1.807, 2.05) is 0 Å². The number of aliphatic hydroxyl groups excluding tert-OH is 1. The molecule has 0 bridgehead atoms. The average Bonchev–Trinajstić information content (AvgIpc) is 3.05.